The molecule has 0 aliphatic carbocycles. The number of hydrogen-bond acceptors (Lipinski definition) is 3. The summed E-state index contributed by atoms with van der Waals surface area (Å²) in [5.41, 5.74) is 0.263. The Balaban J connectivity index is 2.04. The minimum atomic E-state index is -4.61. The first kappa shape index (κ1) is 16.1. The van der Waals surface area contributed by atoms with Crippen LogP contribution < -0.4 is 5.32 Å². The van der Waals surface area contributed by atoms with Crippen LogP contribution in [0.15, 0.2) is 42.5 Å². The molecule has 118 valence electrons. The number of esters is 1. The topological polar surface area (TPSA) is 55.4 Å². The Morgan fingerprint density at radius 3 is 2.59 bits per heavy atom. The molecule has 0 bridgehead atoms. The SMILES string of the molecule is O=C1C=CC[C@@H](COC(=O)c2ccccc2)[C@@H](C(F)(F)F)N1. The van der Waals surface area contributed by atoms with E-state index in [1.165, 1.54) is 18.2 Å². The molecule has 1 aromatic rings. The Kier molecular flexibility index (Phi) is 4.85. The van der Waals surface area contributed by atoms with Crippen molar-refractivity contribution in [2.24, 2.45) is 5.92 Å². The van der Waals surface area contributed by atoms with Crippen molar-refractivity contribution in [3.8, 4) is 0 Å². The fourth-order valence-electron chi connectivity index (χ4n) is 2.16. The summed E-state index contributed by atoms with van der Waals surface area (Å²) in [6, 6.07) is 5.95. The van der Waals surface area contributed by atoms with Gasteiger partial charge in [-0.15, -0.1) is 0 Å². The fraction of sp³-hybridized carbons (Fsp3) is 0.333. The number of rotatable bonds is 3. The van der Waals surface area contributed by atoms with E-state index in [4.69, 9.17) is 4.74 Å². The average molecular weight is 313 g/mol. The van der Waals surface area contributed by atoms with Crippen molar-refractivity contribution in [2.45, 2.75) is 18.6 Å². The number of allylic oxidation sites excluding steroid dienone is 1. The van der Waals surface area contributed by atoms with Crippen molar-refractivity contribution >= 4 is 11.9 Å². The van der Waals surface area contributed by atoms with Crippen LogP contribution in [0.1, 0.15) is 16.8 Å². The lowest BCUT2D eigenvalue weighted by Crippen LogP contribution is -2.50. The first-order chi connectivity index (χ1) is 10.4. The number of benzene rings is 1. The van der Waals surface area contributed by atoms with Gasteiger partial charge in [-0.2, -0.15) is 13.2 Å². The third-order valence-electron chi connectivity index (χ3n) is 3.27. The molecule has 0 saturated carbocycles. The number of hydrogen-bond donors (Lipinski definition) is 1. The van der Waals surface area contributed by atoms with Crippen molar-refractivity contribution in [1.82, 2.24) is 5.32 Å². The molecule has 0 fully saturated rings. The second-order valence-corrected chi connectivity index (χ2v) is 4.89. The van der Waals surface area contributed by atoms with E-state index in [9.17, 15) is 22.8 Å². The Morgan fingerprint density at radius 1 is 1.27 bits per heavy atom. The number of carbonyl (C=O) groups excluding carboxylic acids is 2. The largest absolute Gasteiger partial charge is 0.462 e. The Bertz CT molecular complexity index is 569. The zero-order valence-electron chi connectivity index (χ0n) is 11.5. The molecule has 1 aromatic carbocycles. The van der Waals surface area contributed by atoms with Crippen LogP contribution in [0.2, 0.25) is 0 Å². The predicted molar refractivity (Wildman–Crippen MR) is 72.0 cm³/mol. The number of ether oxygens (including phenoxy) is 1. The molecule has 7 heteroatoms. The highest BCUT2D eigenvalue weighted by atomic mass is 19.4. The van der Waals surface area contributed by atoms with Crippen LogP contribution in [0.4, 0.5) is 13.2 Å². The minimum Gasteiger partial charge on any atom is -0.462 e. The lowest BCUT2D eigenvalue weighted by Gasteiger charge is -2.27. The van der Waals surface area contributed by atoms with Gasteiger partial charge in [0.1, 0.15) is 6.04 Å². The summed E-state index contributed by atoms with van der Waals surface area (Å²) in [4.78, 5) is 23.0. The molecule has 1 aliphatic heterocycles. The van der Waals surface area contributed by atoms with E-state index < -0.39 is 36.6 Å². The molecule has 1 amide bonds. The second-order valence-electron chi connectivity index (χ2n) is 4.89. The van der Waals surface area contributed by atoms with E-state index >= 15 is 0 Å². The number of amides is 1. The molecule has 1 heterocycles. The summed E-state index contributed by atoms with van der Waals surface area (Å²) in [6.45, 7) is -0.428. The molecule has 2 rings (SSSR count). The van der Waals surface area contributed by atoms with Gasteiger partial charge in [0.05, 0.1) is 12.2 Å². The fourth-order valence-corrected chi connectivity index (χ4v) is 2.16. The molecule has 0 saturated heterocycles. The number of halogens is 3. The molecular weight excluding hydrogens is 299 g/mol. The lowest BCUT2D eigenvalue weighted by molar-refractivity contribution is -0.173. The Morgan fingerprint density at radius 2 is 1.95 bits per heavy atom. The first-order valence-electron chi connectivity index (χ1n) is 6.64. The highest BCUT2D eigenvalue weighted by Gasteiger charge is 2.46. The molecule has 0 spiro atoms. The maximum atomic E-state index is 13.0. The van der Waals surface area contributed by atoms with E-state index in [0.29, 0.717) is 0 Å². The number of nitrogens with one attached hydrogen (secondary N) is 1. The smallest absolute Gasteiger partial charge is 0.409 e. The molecule has 0 radical (unpaired) electrons. The summed E-state index contributed by atoms with van der Waals surface area (Å²) in [5.74, 6) is -2.56. The Labute approximate surface area is 125 Å². The van der Waals surface area contributed by atoms with Crippen molar-refractivity contribution in [2.75, 3.05) is 6.61 Å². The third kappa shape index (κ3) is 4.09. The standard InChI is InChI=1S/C15H14F3NO3/c16-15(17,18)13-11(7-4-8-12(20)19-13)9-22-14(21)10-5-2-1-3-6-10/h1-6,8,11,13H,7,9H2,(H,19,20)/t11-,13-/m0/s1. The summed E-state index contributed by atoms with van der Waals surface area (Å²) >= 11 is 0. The van der Waals surface area contributed by atoms with Crippen LogP contribution in [-0.2, 0) is 9.53 Å². The second kappa shape index (κ2) is 6.64. The van der Waals surface area contributed by atoms with Gasteiger partial charge >= 0.3 is 12.1 Å². The minimum absolute atomic E-state index is 0.00894. The molecule has 2 atom stereocenters. The maximum absolute atomic E-state index is 13.0. The molecule has 1 N–H and O–H groups in total. The quantitative estimate of drug-likeness (QED) is 0.872. The van der Waals surface area contributed by atoms with Crippen molar-refractivity contribution < 1.29 is 27.5 Å². The van der Waals surface area contributed by atoms with Crippen LogP contribution in [0.25, 0.3) is 0 Å². The summed E-state index contributed by atoms with van der Waals surface area (Å²) < 4.78 is 44.0. The highest BCUT2D eigenvalue weighted by Crippen LogP contribution is 2.29. The van der Waals surface area contributed by atoms with Gasteiger partial charge in [0.15, 0.2) is 0 Å². The summed E-state index contributed by atoms with van der Waals surface area (Å²) in [6.07, 6.45) is -2.21. The van der Waals surface area contributed by atoms with Gasteiger partial charge in [0.25, 0.3) is 0 Å². The lowest BCUT2D eigenvalue weighted by atomic mass is 9.97. The van der Waals surface area contributed by atoms with Gasteiger partial charge in [0, 0.05) is 5.92 Å². The van der Waals surface area contributed by atoms with Gasteiger partial charge in [0.2, 0.25) is 5.91 Å². The molecule has 4 nitrogen and oxygen atoms in total. The van der Waals surface area contributed by atoms with Gasteiger partial charge < -0.3 is 10.1 Å². The van der Waals surface area contributed by atoms with E-state index in [1.807, 2.05) is 5.32 Å². The van der Waals surface area contributed by atoms with E-state index in [1.54, 1.807) is 18.2 Å². The van der Waals surface area contributed by atoms with E-state index in [2.05, 4.69) is 0 Å². The van der Waals surface area contributed by atoms with Crippen molar-refractivity contribution in [3.05, 3.63) is 48.0 Å². The molecule has 0 unspecified atom stereocenters. The monoisotopic (exact) mass is 313 g/mol. The van der Waals surface area contributed by atoms with E-state index in [0.717, 1.165) is 6.08 Å². The van der Waals surface area contributed by atoms with Crippen molar-refractivity contribution in [3.63, 3.8) is 0 Å². The molecule has 22 heavy (non-hydrogen) atoms. The molecular formula is C15H14F3NO3. The number of alkyl halides is 3. The maximum Gasteiger partial charge on any atom is 0.409 e. The van der Waals surface area contributed by atoms with Gasteiger partial charge in [-0.3, -0.25) is 4.79 Å². The summed E-state index contributed by atoms with van der Waals surface area (Å²) in [7, 11) is 0. The normalized spacial score (nSPS) is 21.9. The van der Waals surface area contributed by atoms with Crippen LogP contribution in [-0.4, -0.2) is 30.7 Å². The average Bonchev–Trinajstić information content (AvgIpc) is 2.67. The number of carbonyl (C=O) groups is 2. The summed E-state index contributed by atoms with van der Waals surface area (Å²) in [5, 5.41) is 1.89. The van der Waals surface area contributed by atoms with Crippen LogP contribution in [0.5, 0.6) is 0 Å². The molecule has 1 aliphatic rings. The predicted octanol–water partition coefficient (Wildman–Crippen LogP) is 2.47. The zero-order chi connectivity index (χ0) is 16.2. The van der Waals surface area contributed by atoms with E-state index in [-0.39, 0.29) is 12.0 Å². The van der Waals surface area contributed by atoms with Crippen LogP contribution >= 0.6 is 0 Å². The zero-order valence-corrected chi connectivity index (χ0v) is 11.5. The Hall–Kier alpha value is -2.31. The first-order valence-corrected chi connectivity index (χ1v) is 6.64. The van der Waals surface area contributed by atoms with Crippen LogP contribution in [0, 0.1) is 5.92 Å². The van der Waals surface area contributed by atoms with Gasteiger partial charge in [-0.05, 0) is 24.6 Å². The highest BCUT2D eigenvalue weighted by molar-refractivity contribution is 5.89. The van der Waals surface area contributed by atoms with Crippen LogP contribution in [0.3, 0.4) is 0 Å². The van der Waals surface area contributed by atoms with Gasteiger partial charge in [-0.25, -0.2) is 4.79 Å². The van der Waals surface area contributed by atoms with Gasteiger partial charge in [-0.1, -0.05) is 24.3 Å². The molecule has 0 aromatic heterocycles. The third-order valence-corrected chi connectivity index (χ3v) is 3.27. The van der Waals surface area contributed by atoms with Crippen molar-refractivity contribution in [1.29, 1.82) is 0 Å².